The van der Waals surface area contributed by atoms with Gasteiger partial charge in [-0.1, -0.05) is 0 Å². The van der Waals surface area contributed by atoms with Crippen molar-refractivity contribution in [1.82, 2.24) is 0 Å². The molecule has 1 aliphatic heterocycles. The maximum absolute atomic E-state index is 10.9. The molecule has 1 heterocycles. The molecule has 132 valence electrons. The van der Waals surface area contributed by atoms with E-state index in [4.69, 9.17) is 9.47 Å². The molecular weight excluding hydrogens is 318 g/mol. The van der Waals surface area contributed by atoms with Crippen molar-refractivity contribution in [1.29, 1.82) is 0 Å². The molecule has 2 aliphatic rings. The van der Waals surface area contributed by atoms with Crippen LogP contribution in [0.1, 0.15) is 22.7 Å². The van der Waals surface area contributed by atoms with Gasteiger partial charge in [-0.25, -0.2) is 0 Å². The molecule has 0 saturated carbocycles. The Morgan fingerprint density at radius 3 is 2.40 bits per heavy atom. The third-order valence-corrected chi connectivity index (χ3v) is 5.83. The predicted molar refractivity (Wildman–Crippen MR) is 95.4 cm³/mol. The monoisotopic (exact) mass is 342 g/mol. The van der Waals surface area contributed by atoms with E-state index in [1.807, 2.05) is 12.1 Å². The van der Waals surface area contributed by atoms with Crippen LogP contribution in [0, 0.1) is 0 Å². The number of nitrogens with zero attached hydrogens (tertiary/aromatic N) is 1. The number of phenols is 2. The van der Waals surface area contributed by atoms with Gasteiger partial charge in [0.2, 0.25) is 0 Å². The van der Waals surface area contributed by atoms with Crippen molar-refractivity contribution in [2.75, 3.05) is 34.9 Å². The predicted octanol–water partition coefficient (Wildman–Crippen LogP) is 3.01. The zero-order valence-electron chi connectivity index (χ0n) is 15.1. The summed E-state index contributed by atoms with van der Waals surface area (Å²) in [5.74, 6) is 1.22. The average Bonchev–Trinajstić information content (AvgIpc) is 2.58. The minimum atomic E-state index is 0.133. The van der Waals surface area contributed by atoms with Gasteiger partial charge in [-0.3, -0.25) is 0 Å². The van der Waals surface area contributed by atoms with Gasteiger partial charge in [0.05, 0.1) is 34.9 Å². The highest BCUT2D eigenvalue weighted by Gasteiger charge is 2.43. The standard InChI is InChI=1S/C20H23NO4/c1-21(2)6-5-11-9-17(25-4)20(23)19-13-10-16(24-3)15(22)8-12(13)7-14(21)18(11)19/h8-10,14H,5-7H2,1-4H3,(H-,22,23)/p+1/t14-/m0/s1. The number of quaternary nitrogens is 1. The normalized spacial score (nSPS) is 19.8. The van der Waals surface area contributed by atoms with E-state index in [0.717, 1.165) is 40.6 Å². The summed E-state index contributed by atoms with van der Waals surface area (Å²) in [6.45, 7) is 1.03. The van der Waals surface area contributed by atoms with Gasteiger partial charge in [-0.15, -0.1) is 0 Å². The first-order valence-electron chi connectivity index (χ1n) is 8.53. The summed E-state index contributed by atoms with van der Waals surface area (Å²) in [6, 6.07) is 5.81. The Morgan fingerprint density at radius 2 is 1.72 bits per heavy atom. The molecule has 1 atom stereocenters. The number of benzene rings is 2. The summed E-state index contributed by atoms with van der Waals surface area (Å²) in [5.41, 5.74) is 5.21. The van der Waals surface area contributed by atoms with Gasteiger partial charge in [0, 0.05) is 24.0 Å². The number of hydrogen-bond donors (Lipinski definition) is 2. The fraction of sp³-hybridized carbons (Fsp3) is 0.400. The van der Waals surface area contributed by atoms with E-state index >= 15 is 0 Å². The molecule has 0 saturated heterocycles. The van der Waals surface area contributed by atoms with Gasteiger partial charge in [0.15, 0.2) is 23.0 Å². The highest BCUT2D eigenvalue weighted by molar-refractivity contribution is 5.84. The van der Waals surface area contributed by atoms with Crippen LogP contribution in [0.15, 0.2) is 18.2 Å². The molecule has 1 aliphatic carbocycles. The lowest BCUT2D eigenvalue weighted by Crippen LogP contribution is -2.49. The largest absolute Gasteiger partial charge is 0.504 e. The first-order chi connectivity index (χ1) is 11.9. The second-order valence-corrected chi connectivity index (χ2v) is 7.53. The van der Waals surface area contributed by atoms with E-state index in [-0.39, 0.29) is 17.5 Å². The first-order valence-corrected chi connectivity index (χ1v) is 8.53. The summed E-state index contributed by atoms with van der Waals surface area (Å²) in [4.78, 5) is 0. The fourth-order valence-corrected chi connectivity index (χ4v) is 4.38. The Hall–Kier alpha value is -2.40. The molecule has 0 radical (unpaired) electrons. The van der Waals surface area contributed by atoms with Crippen LogP contribution in [-0.4, -0.2) is 49.6 Å². The van der Waals surface area contributed by atoms with E-state index in [9.17, 15) is 10.2 Å². The van der Waals surface area contributed by atoms with Crippen LogP contribution in [0.4, 0.5) is 0 Å². The van der Waals surface area contributed by atoms with Gasteiger partial charge in [0.25, 0.3) is 0 Å². The van der Waals surface area contributed by atoms with Gasteiger partial charge in [0.1, 0.15) is 6.04 Å². The lowest BCUT2D eigenvalue weighted by molar-refractivity contribution is -0.923. The van der Waals surface area contributed by atoms with Crippen molar-refractivity contribution in [2.45, 2.75) is 18.9 Å². The summed E-state index contributed by atoms with van der Waals surface area (Å²) < 4.78 is 11.6. The molecule has 2 aromatic carbocycles. The zero-order chi connectivity index (χ0) is 17.9. The average molecular weight is 342 g/mol. The Bertz CT molecular complexity index is 873. The summed E-state index contributed by atoms with van der Waals surface area (Å²) in [7, 11) is 7.57. The minimum Gasteiger partial charge on any atom is -0.504 e. The molecule has 2 N–H and O–H groups in total. The number of likely N-dealkylation sites (N-methyl/N-ethyl adjacent to an activating group) is 1. The smallest absolute Gasteiger partial charge is 0.166 e. The van der Waals surface area contributed by atoms with Crippen molar-refractivity contribution < 1.29 is 24.2 Å². The molecule has 5 nitrogen and oxygen atoms in total. The Labute approximate surface area is 147 Å². The molecule has 0 amide bonds. The molecule has 0 aromatic heterocycles. The number of fused-ring (bicyclic) bond motifs is 2. The lowest BCUT2D eigenvalue weighted by Gasteiger charge is -2.46. The van der Waals surface area contributed by atoms with Gasteiger partial charge >= 0.3 is 0 Å². The van der Waals surface area contributed by atoms with Crippen LogP contribution in [-0.2, 0) is 12.8 Å². The van der Waals surface area contributed by atoms with E-state index in [0.29, 0.717) is 11.5 Å². The number of ether oxygens (including phenoxy) is 2. The zero-order valence-corrected chi connectivity index (χ0v) is 15.1. The summed E-state index contributed by atoms with van der Waals surface area (Å²) in [5, 5.41) is 21.1. The maximum atomic E-state index is 10.9. The number of rotatable bonds is 2. The van der Waals surface area contributed by atoms with Crippen LogP contribution in [0.5, 0.6) is 23.0 Å². The van der Waals surface area contributed by atoms with Gasteiger partial charge in [-0.2, -0.15) is 0 Å². The van der Waals surface area contributed by atoms with Crippen LogP contribution < -0.4 is 9.47 Å². The third kappa shape index (κ3) is 2.19. The molecule has 2 aromatic rings. The van der Waals surface area contributed by atoms with Crippen molar-refractivity contribution >= 4 is 0 Å². The van der Waals surface area contributed by atoms with Crippen LogP contribution in [0.25, 0.3) is 11.1 Å². The lowest BCUT2D eigenvalue weighted by atomic mass is 9.75. The molecular formula is C20H24NO4+. The third-order valence-electron chi connectivity index (χ3n) is 5.83. The van der Waals surface area contributed by atoms with Crippen LogP contribution in [0.3, 0.4) is 0 Å². The molecule has 0 fully saturated rings. The van der Waals surface area contributed by atoms with E-state index in [2.05, 4.69) is 14.1 Å². The Kier molecular flexibility index (Phi) is 3.41. The van der Waals surface area contributed by atoms with E-state index in [1.54, 1.807) is 13.2 Å². The van der Waals surface area contributed by atoms with Crippen molar-refractivity contribution in [3.8, 4) is 34.1 Å². The fourth-order valence-electron chi connectivity index (χ4n) is 4.38. The molecule has 4 rings (SSSR count). The Morgan fingerprint density at radius 1 is 1.00 bits per heavy atom. The highest BCUT2D eigenvalue weighted by Crippen LogP contribution is 2.54. The maximum Gasteiger partial charge on any atom is 0.166 e. The highest BCUT2D eigenvalue weighted by atomic mass is 16.5. The van der Waals surface area contributed by atoms with Gasteiger partial charge in [-0.05, 0) is 34.9 Å². The Balaban J connectivity index is 2.08. The number of phenolic OH excluding ortho intramolecular Hbond substituents is 2. The summed E-state index contributed by atoms with van der Waals surface area (Å²) in [6.07, 6.45) is 1.78. The summed E-state index contributed by atoms with van der Waals surface area (Å²) >= 11 is 0. The van der Waals surface area contributed by atoms with Crippen molar-refractivity contribution in [3.63, 3.8) is 0 Å². The minimum absolute atomic E-state index is 0.133. The second-order valence-electron chi connectivity index (χ2n) is 7.53. The number of aromatic hydroxyl groups is 2. The quantitative estimate of drug-likeness (QED) is 0.824. The van der Waals surface area contributed by atoms with Crippen molar-refractivity contribution in [3.05, 3.63) is 34.9 Å². The molecule has 0 bridgehead atoms. The number of hydrogen-bond acceptors (Lipinski definition) is 4. The second kappa shape index (κ2) is 5.30. The van der Waals surface area contributed by atoms with Crippen LogP contribution >= 0.6 is 0 Å². The SMILES string of the molecule is COc1cc2c(cc1O)C[C@H]1c3c(cc(OC)c(O)c3-2)CC[N+]1(C)C. The van der Waals surface area contributed by atoms with Crippen LogP contribution in [0.2, 0.25) is 0 Å². The van der Waals surface area contributed by atoms with E-state index in [1.165, 1.54) is 18.2 Å². The topological polar surface area (TPSA) is 58.9 Å². The first kappa shape index (κ1) is 16.1. The number of methoxy groups -OCH3 is 2. The molecule has 5 heteroatoms. The van der Waals surface area contributed by atoms with Gasteiger partial charge < -0.3 is 24.2 Å². The molecule has 0 unspecified atom stereocenters. The molecule has 25 heavy (non-hydrogen) atoms. The van der Waals surface area contributed by atoms with Crippen molar-refractivity contribution in [2.24, 2.45) is 0 Å². The molecule has 0 spiro atoms. The van der Waals surface area contributed by atoms with E-state index < -0.39 is 0 Å².